The van der Waals surface area contributed by atoms with E-state index in [1.807, 2.05) is 0 Å². The van der Waals surface area contributed by atoms with Crippen LogP contribution < -0.4 is 0 Å². The lowest BCUT2D eigenvalue weighted by Crippen LogP contribution is -2.49. The van der Waals surface area contributed by atoms with E-state index in [1.54, 1.807) is 37.2 Å². The van der Waals surface area contributed by atoms with Crippen molar-refractivity contribution in [1.29, 1.82) is 0 Å². The van der Waals surface area contributed by atoms with Gasteiger partial charge in [-0.15, -0.1) is 11.3 Å². The highest BCUT2D eigenvalue weighted by Gasteiger charge is 2.52. The number of rotatable bonds is 5. The van der Waals surface area contributed by atoms with Crippen molar-refractivity contribution in [3.63, 3.8) is 0 Å². The number of esters is 1. The number of hydrogen-bond donors (Lipinski definition) is 0. The first-order chi connectivity index (χ1) is 8.20. The van der Waals surface area contributed by atoms with Crippen molar-refractivity contribution in [2.24, 2.45) is 0 Å². The summed E-state index contributed by atoms with van der Waals surface area (Å²) in [6.07, 6.45) is -0.270. The van der Waals surface area contributed by atoms with Crippen molar-refractivity contribution in [1.82, 2.24) is 0 Å². The molecule has 1 aromatic rings. The topological polar surface area (TPSA) is 26.3 Å². The van der Waals surface area contributed by atoms with Crippen LogP contribution in [-0.4, -0.2) is 26.7 Å². The summed E-state index contributed by atoms with van der Waals surface area (Å²) >= 11 is 1.26. The first-order valence-corrected chi connectivity index (χ1v) is 10.1. The second-order valence-electron chi connectivity index (χ2n) is 5.22. The minimum atomic E-state index is -2.84. The highest BCUT2D eigenvalue weighted by molar-refractivity contribution is 7.10. The quantitative estimate of drug-likeness (QED) is 0.607. The fourth-order valence-electron chi connectivity index (χ4n) is 1.67. The normalized spacial score (nSPS) is 14.3. The monoisotopic (exact) mass is 292 g/mol. The van der Waals surface area contributed by atoms with Crippen LogP contribution in [0.2, 0.25) is 19.6 Å². The van der Waals surface area contributed by atoms with Gasteiger partial charge in [0.1, 0.15) is 8.07 Å². The fourth-order valence-corrected chi connectivity index (χ4v) is 3.94. The predicted molar refractivity (Wildman–Crippen MR) is 72.0 cm³/mol. The molecule has 18 heavy (non-hydrogen) atoms. The fraction of sp³-hybridized carbons (Fsp3) is 0.583. The van der Waals surface area contributed by atoms with Gasteiger partial charge in [-0.2, -0.15) is 0 Å². The highest BCUT2D eigenvalue weighted by atomic mass is 32.1. The average molecular weight is 292 g/mol. The molecule has 0 aromatic carbocycles. The molecule has 6 heteroatoms. The molecule has 1 atom stereocenters. The van der Waals surface area contributed by atoms with E-state index in [0.717, 1.165) is 0 Å². The number of carbonyl (C=O) groups is 1. The Morgan fingerprint density at radius 2 is 2.11 bits per heavy atom. The second-order valence-corrected chi connectivity index (χ2v) is 11.4. The molecule has 0 aliphatic heterocycles. The van der Waals surface area contributed by atoms with Gasteiger partial charge in [0.05, 0.1) is 19.4 Å². The summed E-state index contributed by atoms with van der Waals surface area (Å²) in [5.41, 5.74) is -2.84. The van der Waals surface area contributed by atoms with Gasteiger partial charge in [0, 0.05) is 4.88 Å². The maximum absolute atomic E-state index is 14.5. The molecule has 0 saturated carbocycles. The molecule has 1 unspecified atom stereocenters. The summed E-state index contributed by atoms with van der Waals surface area (Å²) in [4.78, 5) is 11.9. The van der Waals surface area contributed by atoms with E-state index < -0.39 is 25.5 Å². The molecule has 0 N–H and O–H groups in total. The third-order valence-corrected chi connectivity index (χ3v) is 6.26. The molecule has 0 aliphatic rings. The maximum atomic E-state index is 14.5. The molecular weight excluding hydrogens is 274 g/mol. The van der Waals surface area contributed by atoms with E-state index in [1.165, 1.54) is 18.4 Å². The molecule has 1 aromatic heterocycles. The van der Waals surface area contributed by atoms with Gasteiger partial charge < -0.3 is 4.74 Å². The van der Waals surface area contributed by atoms with Crippen molar-refractivity contribution >= 4 is 25.4 Å². The summed E-state index contributed by atoms with van der Waals surface area (Å²) in [5.74, 6) is -1.66. The van der Waals surface area contributed by atoms with Crippen LogP contribution in [-0.2, 0) is 9.53 Å². The summed E-state index contributed by atoms with van der Waals surface area (Å²) in [6, 6.07) is 3.39. The Balaban J connectivity index is 3.09. The molecule has 0 saturated heterocycles. The largest absolute Gasteiger partial charge is 0.469 e. The van der Waals surface area contributed by atoms with Crippen molar-refractivity contribution in [2.45, 2.75) is 37.5 Å². The minimum absolute atomic E-state index is 0.270. The lowest BCUT2D eigenvalue weighted by Gasteiger charge is -2.34. The van der Waals surface area contributed by atoms with Crippen molar-refractivity contribution < 1.29 is 18.3 Å². The number of hydrogen-bond acceptors (Lipinski definition) is 3. The summed E-state index contributed by atoms with van der Waals surface area (Å²) < 4.78 is 33.6. The molecule has 102 valence electrons. The van der Waals surface area contributed by atoms with Gasteiger partial charge >= 0.3 is 5.97 Å². The van der Waals surface area contributed by atoms with Crippen LogP contribution in [0.5, 0.6) is 0 Å². The van der Waals surface area contributed by atoms with Gasteiger partial charge in [-0.05, 0) is 11.4 Å². The molecule has 0 radical (unpaired) electrons. The van der Waals surface area contributed by atoms with E-state index in [2.05, 4.69) is 4.74 Å². The Morgan fingerprint density at radius 1 is 1.50 bits per heavy atom. The van der Waals surface area contributed by atoms with Crippen LogP contribution in [0.15, 0.2) is 17.5 Å². The van der Waals surface area contributed by atoms with Crippen LogP contribution in [0, 0.1) is 0 Å². The first-order valence-electron chi connectivity index (χ1n) is 5.68. The molecule has 0 fully saturated rings. The number of halogens is 2. The van der Waals surface area contributed by atoms with E-state index >= 15 is 0 Å². The standard InChI is InChI=1S/C12H18F2O2SSi/c1-16-11(15)8-9(10-6-5-7-17-10)12(13,14)18(2,3)4/h5-7,9H,8H2,1-4H3. The number of thiophene rings is 1. The Hall–Kier alpha value is -0.753. The Kier molecular flexibility index (Phi) is 4.66. The SMILES string of the molecule is COC(=O)CC(c1cccs1)C(F)(F)[Si](C)(C)C. The van der Waals surface area contributed by atoms with Gasteiger partial charge in [0.15, 0.2) is 0 Å². The predicted octanol–water partition coefficient (Wildman–Crippen LogP) is 3.91. The number of alkyl halides is 2. The molecule has 0 aliphatic carbocycles. The van der Waals surface area contributed by atoms with Crippen molar-refractivity contribution in [3.8, 4) is 0 Å². The molecule has 1 rings (SSSR count). The third kappa shape index (κ3) is 3.17. The highest BCUT2D eigenvalue weighted by Crippen LogP contribution is 2.44. The van der Waals surface area contributed by atoms with Crippen LogP contribution in [0.25, 0.3) is 0 Å². The van der Waals surface area contributed by atoms with E-state index in [9.17, 15) is 13.6 Å². The lowest BCUT2D eigenvalue weighted by molar-refractivity contribution is -0.142. The summed E-state index contributed by atoms with van der Waals surface area (Å²) in [6.45, 7) is 4.85. The molecular formula is C12H18F2O2SSi. The van der Waals surface area contributed by atoms with Crippen LogP contribution in [0.4, 0.5) is 8.78 Å². The van der Waals surface area contributed by atoms with Gasteiger partial charge in [-0.1, -0.05) is 25.7 Å². The van der Waals surface area contributed by atoms with Crippen LogP contribution in [0.1, 0.15) is 17.2 Å². The van der Waals surface area contributed by atoms with Gasteiger partial charge in [-0.3, -0.25) is 4.79 Å². The number of carbonyl (C=O) groups excluding carboxylic acids is 1. The number of methoxy groups -OCH3 is 1. The zero-order chi connectivity index (χ0) is 14.0. The summed E-state index contributed by atoms with van der Waals surface area (Å²) in [5, 5.41) is 1.75. The van der Waals surface area contributed by atoms with E-state index in [-0.39, 0.29) is 6.42 Å². The smallest absolute Gasteiger partial charge is 0.306 e. The maximum Gasteiger partial charge on any atom is 0.306 e. The molecule has 2 nitrogen and oxygen atoms in total. The molecule has 0 spiro atoms. The average Bonchev–Trinajstić information content (AvgIpc) is 2.76. The van der Waals surface area contributed by atoms with E-state index in [0.29, 0.717) is 4.88 Å². The van der Waals surface area contributed by atoms with E-state index in [4.69, 9.17) is 0 Å². The zero-order valence-corrected chi connectivity index (χ0v) is 12.8. The Labute approximate surface area is 111 Å². The third-order valence-electron chi connectivity index (χ3n) is 2.92. The van der Waals surface area contributed by atoms with Gasteiger partial charge in [-0.25, -0.2) is 8.78 Å². The van der Waals surface area contributed by atoms with Crippen molar-refractivity contribution in [3.05, 3.63) is 22.4 Å². The Bertz CT molecular complexity index is 399. The minimum Gasteiger partial charge on any atom is -0.469 e. The van der Waals surface area contributed by atoms with Crippen LogP contribution >= 0.6 is 11.3 Å². The second kappa shape index (κ2) is 5.48. The zero-order valence-electron chi connectivity index (χ0n) is 11.0. The summed E-state index contributed by atoms with van der Waals surface area (Å²) in [7, 11) is -1.50. The molecule has 0 amide bonds. The Morgan fingerprint density at radius 3 is 2.50 bits per heavy atom. The lowest BCUT2D eigenvalue weighted by atomic mass is 10.0. The first kappa shape index (κ1) is 15.3. The molecule has 1 heterocycles. The van der Waals surface area contributed by atoms with Crippen molar-refractivity contribution in [2.75, 3.05) is 7.11 Å². The van der Waals surface area contributed by atoms with Gasteiger partial charge in [0.2, 0.25) is 5.55 Å². The number of ether oxygens (including phenoxy) is 1. The molecule has 0 bridgehead atoms. The van der Waals surface area contributed by atoms with Gasteiger partial charge in [0.25, 0.3) is 0 Å². The van der Waals surface area contributed by atoms with Crippen LogP contribution in [0.3, 0.4) is 0 Å².